The van der Waals surface area contributed by atoms with Crippen LogP contribution in [-0.4, -0.2) is 37.2 Å². The van der Waals surface area contributed by atoms with E-state index >= 15 is 0 Å². The first-order valence-electron chi connectivity index (χ1n) is 5.36. The average molecular weight is 342 g/mol. The van der Waals surface area contributed by atoms with Crippen molar-refractivity contribution in [3.8, 4) is 0 Å². The minimum absolute atomic E-state index is 0.477. The zero-order valence-electron chi connectivity index (χ0n) is 10.9. The molecule has 1 heterocycles. The fraction of sp³-hybridized carbons (Fsp3) is 0.500. The molecule has 0 atom stereocenters. The van der Waals surface area contributed by atoms with Crippen LogP contribution < -0.4 is 0 Å². The molecule has 7 heteroatoms. The van der Waals surface area contributed by atoms with E-state index < -0.39 is 12.1 Å². The number of hydrogen-bond acceptors (Lipinski definition) is 2. The molecule has 1 N–H and O–H groups in total. The molecule has 0 aliphatic carbocycles. The van der Waals surface area contributed by atoms with E-state index in [4.69, 9.17) is 9.90 Å². The van der Waals surface area contributed by atoms with E-state index in [1.807, 2.05) is 12.3 Å². The number of carboxylic acid groups (broad SMARTS) is 1. The predicted molar refractivity (Wildman–Crippen MR) is 67.1 cm³/mol. The Kier molecular flexibility index (Phi) is 7.08. The second-order valence-corrected chi connectivity index (χ2v) is 8.31. The van der Waals surface area contributed by atoms with Crippen LogP contribution in [0.25, 0.3) is 0 Å². The molecular formula is C12H16F3NO2Se. The summed E-state index contributed by atoms with van der Waals surface area (Å²) in [5, 5.41) is 8.28. The Balaban J connectivity index is 0.000000399. The molecule has 0 radical (unpaired) electrons. The zero-order valence-corrected chi connectivity index (χ0v) is 12.6. The van der Waals surface area contributed by atoms with Crippen molar-refractivity contribution in [1.82, 2.24) is 4.98 Å². The van der Waals surface area contributed by atoms with Crippen molar-refractivity contribution in [3.63, 3.8) is 0 Å². The molecule has 0 bridgehead atoms. The fourth-order valence-corrected chi connectivity index (χ4v) is 2.35. The van der Waals surface area contributed by atoms with Crippen molar-refractivity contribution in [2.45, 2.75) is 36.6 Å². The Bertz CT molecular complexity index is 388. The second kappa shape index (κ2) is 7.50. The van der Waals surface area contributed by atoms with Crippen LogP contribution in [0.15, 0.2) is 24.4 Å². The van der Waals surface area contributed by atoms with Crippen molar-refractivity contribution < 1.29 is 23.1 Å². The maximum atomic E-state index is 10.6. The van der Waals surface area contributed by atoms with Gasteiger partial charge in [0, 0.05) is 0 Å². The van der Waals surface area contributed by atoms with E-state index in [9.17, 15) is 13.2 Å². The van der Waals surface area contributed by atoms with Crippen molar-refractivity contribution in [2.75, 3.05) is 0 Å². The van der Waals surface area contributed by atoms with E-state index in [2.05, 4.69) is 37.9 Å². The molecule has 0 unspecified atom stereocenters. The molecule has 0 spiro atoms. The third-order valence-corrected chi connectivity index (χ3v) is 4.36. The number of pyridine rings is 1. The Morgan fingerprint density at radius 3 is 2.16 bits per heavy atom. The minimum atomic E-state index is -5.08. The number of carbonyl (C=O) groups is 1. The molecule has 0 fully saturated rings. The Labute approximate surface area is 116 Å². The van der Waals surface area contributed by atoms with Gasteiger partial charge in [0.25, 0.3) is 0 Å². The molecule has 108 valence electrons. The van der Waals surface area contributed by atoms with Gasteiger partial charge in [0.05, 0.1) is 0 Å². The molecule has 0 aliphatic rings. The number of aliphatic carboxylic acids is 1. The molecule has 19 heavy (non-hydrogen) atoms. The number of nitrogens with zero attached hydrogens (tertiary/aromatic N) is 1. The van der Waals surface area contributed by atoms with Crippen molar-refractivity contribution in [3.05, 3.63) is 30.1 Å². The summed E-state index contributed by atoms with van der Waals surface area (Å²) in [6.45, 7) is 6.86. The van der Waals surface area contributed by atoms with Crippen LogP contribution in [-0.2, 0) is 10.1 Å². The van der Waals surface area contributed by atoms with Crippen LogP contribution in [0, 0.1) is 0 Å². The Morgan fingerprint density at radius 2 is 1.84 bits per heavy atom. The quantitative estimate of drug-likeness (QED) is 0.840. The third-order valence-electron chi connectivity index (χ3n) is 1.62. The molecule has 0 saturated heterocycles. The number of hydrogen-bond donors (Lipinski definition) is 1. The van der Waals surface area contributed by atoms with Crippen LogP contribution in [0.5, 0.6) is 0 Å². The first-order chi connectivity index (χ1) is 8.52. The maximum absolute atomic E-state index is 10.6. The van der Waals surface area contributed by atoms with Crippen molar-refractivity contribution in [1.29, 1.82) is 0 Å². The summed E-state index contributed by atoms with van der Waals surface area (Å²) in [6.07, 6.45) is -3.21. The minimum Gasteiger partial charge on any atom is -0.475 e. The van der Waals surface area contributed by atoms with E-state index in [1.165, 1.54) is 5.69 Å². The van der Waals surface area contributed by atoms with Crippen LogP contribution in [0.1, 0.15) is 26.5 Å². The van der Waals surface area contributed by atoms with Crippen LogP contribution >= 0.6 is 0 Å². The summed E-state index contributed by atoms with van der Waals surface area (Å²) in [5.41, 5.74) is 1.23. The van der Waals surface area contributed by atoms with Gasteiger partial charge < -0.3 is 5.11 Å². The van der Waals surface area contributed by atoms with E-state index in [0.717, 1.165) is 5.32 Å². The SMILES string of the molecule is CC(C)(C)[Se]Cc1ccccn1.O=C(O)C(F)(F)F. The third kappa shape index (κ3) is 10.5. The molecule has 0 saturated carbocycles. The van der Waals surface area contributed by atoms with E-state index in [1.54, 1.807) is 0 Å². The first kappa shape index (κ1) is 17.9. The summed E-state index contributed by atoms with van der Waals surface area (Å²) in [4.78, 5) is 13.2. The summed E-state index contributed by atoms with van der Waals surface area (Å²) in [6, 6.07) is 6.13. The van der Waals surface area contributed by atoms with Gasteiger partial charge in [0.15, 0.2) is 0 Å². The molecule has 0 aromatic carbocycles. The molecule has 1 aromatic heterocycles. The summed E-state index contributed by atoms with van der Waals surface area (Å²) < 4.78 is 32.2. The van der Waals surface area contributed by atoms with Crippen LogP contribution in [0.3, 0.4) is 0 Å². The summed E-state index contributed by atoms with van der Waals surface area (Å²) >= 11 is 0.654. The molecule has 0 aliphatic heterocycles. The number of alkyl halides is 3. The Morgan fingerprint density at radius 1 is 1.32 bits per heavy atom. The van der Waals surface area contributed by atoms with Gasteiger partial charge in [-0.05, 0) is 0 Å². The van der Waals surface area contributed by atoms with Gasteiger partial charge in [-0.25, -0.2) is 4.79 Å². The molecule has 3 nitrogen and oxygen atoms in total. The van der Waals surface area contributed by atoms with E-state index in [0.29, 0.717) is 19.3 Å². The fourth-order valence-electron chi connectivity index (χ4n) is 0.774. The van der Waals surface area contributed by atoms with Crippen LogP contribution in [0.4, 0.5) is 13.2 Å². The van der Waals surface area contributed by atoms with Gasteiger partial charge >= 0.3 is 92.6 Å². The first-order valence-corrected chi connectivity index (χ1v) is 7.43. The summed E-state index contributed by atoms with van der Waals surface area (Å²) in [5.74, 6) is -2.76. The number of carboxylic acids is 1. The van der Waals surface area contributed by atoms with Crippen LogP contribution in [0.2, 0.25) is 4.31 Å². The van der Waals surface area contributed by atoms with Crippen molar-refractivity contribution in [2.24, 2.45) is 0 Å². The molecule has 1 rings (SSSR count). The average Bonchev–Trinajstić information content (AvgIpc) is 2.26. The maximum Gasteiger partial charge on any atom is 0.490 e. The molecule has 1 aromatic rings. The summed E-state index contributed by atoms with van der Waals surface area (Å²) in [7, 11) is 0. The molecular weight excluding hydrogens is 326 g/mol. The van der Waals surface area contributed by atoms with Gasteiger partial charge in [-0.2, -0.15) is 13.2 Å². The monoisotopic (exact) mass is 343 g/mol. The van der Waals surface area contributed by atoms with Crippen molar-refractivity contribution >= 4 is 20.9 Å². The normalized spacial score (nSPS) is 11.5. The topological polar surface area (TPSA) is 50.2 Å². The largest absolute Gasteiger partial charge is 0.490 e. The number of halogens is 3. The second-order valence-electron chi connectivity index (χ2n) is 4.53. The zero-order chi connectivity index (χ0) is 15.1. The van der Waals surface area contributed by atoms with Gasteiger partial charge in [-0.1, -0.05) is 0 Å². The number of aromatic nitrogens is 1. The van der Waals surface area contributed by atoms with Gasteiger partial charge in [-0.15, -0.1) is 0 Å². The Hall–Kier alpha value is -1.07. The number of rotatable bonds is 2. The van der Waals surface area contributed by atoms with E-state index in [-0.39, 0.29) is 0 Å². The smallest absolute Gasteiger partial charge is 0.475 e. The molecule has 0 amide bonds. The standard InChI is InChI=1S/C10H15NSe.C2HF3O2/c1-10(2,3)12-8-9-6-4-5-7-11-9;3-2(4,5)1(6)7/h4-7H,8H2,1-3H3;(H,6,7). The predicted octanol–water partition coefficient (Wildman–Crippen LogP) is 3.14. The van der Waals surface area contributed by atoms with Gasteiger partial charge in [0.2, 0.25) is 0 Å². The van der Waals surface area contributed by atoms with Gasteiger partial charge in [0.1, 0.15) is 0 Å². The van der Waals surface area contributed by atoms with Gasteiger partial charge in [-0.3, -0.25) is 0 Å².